The first-order chi connectivity index (χ1) is 19.1. The molecule has 1 saturated heterocycles. The standard InChI is InChI=1S/C26H25N3O11/c1-16(30)36-14-38-23(32)12-29(13-24(33)39-15-37-17(2)31)25(34)20(11-27)9-19-8-18-4-5-21(28-6-3-7-28)10-22(18)40-26(19)35/h4-5,8-10H,3,6-7,12-15H2,1-2H3. The van der Waals surface area contributed by atoms with E-state index in [4.69, 9.17) is 13.9 Å². The van der Waals surface area contributed by atoms with E-state index in [1.165, 1.54) is 6.07 Å². The Morgan fingerprint density at radius 1 is 0.975 bits per heavy atom. The number of benzene rings is 1. The van der Waals surface area contributed by atoms with Crippen molar-refractivity contribution in [3.63, 3.8) is 0 Å². The molecule has 14 nitrogen and oxygen atoms in total. The molecule has 2 heterocycles. The Morgan fingerprint density at radius 3 is 2.08 bits per heavy atom. The molecule has 1 aromatic carbocycles. The summed E-state index contributed by atoms with van der Waals surface area (Å²) in [4.78, 5) is 74.7. The Morgan fingerprint density at radius 2 is 1.57 bits per heavy atom. The Kier molecular flexibility index (Phi) is 9.95. The van der Waals surface area contributed by atoms with Gasteiger partial charge in [0, 0.05) is 44.1 Å². The molecule has 1 aliphatic rings. The molecule has 1 fully saturated rings. The molecule has 1 amide bonds. The van der Waals surface area contributed by atoms with Gasteiger partial charge in [-0.3, -0.25) is 24.0 Å². The molecule has 14 heteroatoms. The SMILES string of the molecule is CC(=O)OCOC(=O)CN(CC(=O)OCOC(C)=O)C(=O)C(C#N)=Cc1cc2ccc(N3CCC3)cc2oc1=O. The number of amides is 1. The maximum Gasteiger partial charge on any atom is 0.343 e. The van der Waals surface area contributed by atoms with Gasteiger partial charge in [0.2, 0.25) is 13.6 Å². The van der Waals surface area contributed by atoms with Gasteiger partial charge in [0.1, 0.15) is 30.3 Å². The van der Waals surface area contributed by atoms with Crippen LogP contribution in [0.25, 0.3) is 17.0 Å². The van der Waals surface area contributed by atoms with Crippen molar-refractivity contribution in [3.8, 4) is 6.07 Å². The summed E-state index contributed by atoms with van der Waals surface area (Å²) in [6, 6.07) is 8.41. The first-order valence-electron chi connectivity index (χ1n) is 11.9. The van der Waals surface area contributed by atoms with E-state index >= 15 is 0 Å². The molecule has 210 valence electrons. The van der Waals surface area contributed by atoms with Crippen LogP contribution in [0.15, 0.2) is 39.1 Å². The Bertz CT molecular complexity index is 1420. The molecule has 3 rings (SSSR count). The molecule has 1 aliphatic heterocycles. The van der Waals surface area contributed by atoms with Gasteiger partial charge in [-0.15, -0.1) is 0 Å². The van der Waals surface area contributed by atoms with E-state index in [0.717, 1.165) is 45.1 Å². The molecule has 0 radical (unpaired) electrons. The van der Waals surface area contributed by atoms with Crippen molar-refractivity contribution in [2.45, 2.75) is 20.3 Å². The number of fused-ring (bicyclic) bond motifs is 1. The summed E-state index contributed by atoms with van der Waals surface area (Å²) in [6.07, 6.45) is 2.04. The van der Waals surface area contributed by atoms with Gasteiger partial charge in [-0.25, -0.2) is 4.79 Å². The van der Waals surface area contributed by atoms with Crippen LogP contribution in [0.1, 0.15) is 25.8 Å². The van der Waals surface area contributed by atoms with Gasteiger partial charge in [-0.1, -0.05) is 0 Å². The molecular formula is C26H25N3O11. The van der Waals surface area contributed by atoms with E-state index < -0.39 is 67.7 Å². The number of nitrogens with zero attached hydrogens (tertiary/aromatic N) is 3. The van der Waals surface area contributed by atoms with Crippen molar-refractivity contribution in [1.29, 1.82) is 5.26 Å². The molecule has 40 heavy (non-hydrogen) atoms. The first-order valence-corrected chi connectivity index (χ1v) is 11.9. The van der Waals surface area contributed by atoms with Gasteiger partial charge in [-0.2, -0.15) is 5.26 Å². The lowest BCUT2D eigenvalue weighted by Gasteiger charge is -2.33. The Balaban J connectivity index is 1.83. The van der Waals surface area contributed by atoms with Crippen LogP contribution in [0, 0.1) is 11.3 Å². The van der Waals surface area contributed by atoms with Crippen LogP contribution in [-0.2, 0) is 42.9 Å². The van der Waals surface area contributed by atoms with E-state index in [-0.39, 0.29) is 5.56 Å². The second-order valence-corrected chi connectivity index (χ2v) is 8.42. The van der Waals surface area contributed by atoms with Crippen LogP contribution >= 0.6 is 0 Å². The van der Waals surface area contributed by atoms with E-state index in [1.807, 2.05) is 6.07 Å². The summed E-state index contributed by atoms with van der Waals surface area (Å²) < 4.78 is 23.8. The van der Waals surface area contributed by atoms with Gasteiger partial charge < -0.3 is 33.2 Å². The number of esters is 4. The molecule has 0 atom stereocenters. The summed E-state index contributed by atoms with van der Waals surface area (Å²) in [5.41, 5.74) is -0.325. The maximum atomic E-state index is 13.2. The summed E-state index contributed by atoms with van der Waals surface area (Å²) in [5.74, 6) is -4.74. The van der Waals surface area contributed by atoms with Crippen molar-refractivity contribution in [1.82, 2.24) is 4.90 Å². The summed E-state index contributed by atoms with van der Waals surface area (Å²) in [5, 5.41) is 10.2. The van der Waals surface area contributed by atoms with E-state index in [2.05, 4.69) is 14.4 Å². The van der Waals surface area contributed by atoms with Crippen LogP contribution < -0.4 is 10.5 Å². The van der Waals surface area contributed by atoms with Crippen LogP contribution in [0.5, 0.6) is 0 Å². The fourth-order valence-corrected chi connectivity index (χ4v) is 3.41. The van der Waals surface area contributed by atoms with Gasteiger partial charge in [0.25, 0.3) is 5.91 Å². The molecule has 1 aromatic heterocycles. The summed E-state index contributed by atoms with van der Waals surface area (Å²) in [6.45, 7) is 0.769. The van der Waals surface area contributed by atoms with Crippen LogP contribution in [0.2, 0.25) is 0 Å². The van der Waals surface area contributed by atoms with Crippen molar-refractivity contribution in [3.05, 3.63) is 45.8 Å². The highest BCUT2D eigenvalue weighted by Gasteiger charge is 2.26. The van der Waals surface area contributed by atoms with Gasteiger partial charge in [-0.05, 0) is 30.7 Å². The zero-order valence-electron chi connectivity index (χ0n) is 21.7. The zero-order valence-corrected chi connectivity index (χ0v) is 21.7. The number of nitriles is 1. The van der Waals surface area contributed by atoms with Crippen molar-refractivity contribution < 1.29 is 47.3 Å². The minimum atomic E-state index is -1.12. The monoisotopic (exact) mass is 555 g/mol. The van der Waals surface area contributed by atoms with Crippen LogP contribution in [-0.4, -0.2) is 74.4 Å². The number of hydrogen-bond acceptors (Lipinski definition) is 13. The lowest BCUT2D eigenvalue weighted by atomic mass is 10.1. The predicted molar refractivity (Wildman–Crippen MR) is 135 cm³/mol. The van der Waals surface area contributed by atoms with Crippen LogP contribution in [0.3, 0.4) is 0 Å². The number of hydrogen-bond donors (Lipinski definition) is 0. The molecule has 0 unspecified atom stereocenters. The van der Waals surface area contributed by atoms with Gasteiger partial charge in [0.05, 0.1) is 5.56 Å². The summed E-state index contributed by atoms with van der Waals surface area (Å²) >= 11 is 0. The van der Waals surface area contributed by atoms with Crippen molar-refractivity contribution in [2.75, 3.05) is 44.7 Å². The number of carbonyl (C=O) groups excluding carboxylic acids is 5. The largest absolute Gasteiger partial charge is 0.428 e. The molecule has 0 N–H and O–H groups in total. The molecular weight excluding hydrogens is 530 g/mol. The highest BCUT2D eigenvalue weighted by molar-refractivity contribution is 6.04. The van der Waals surface area contributed by atoms with E-state index in [0.29, 0.717) is 15.9 Å². The fraction of sp³-hybridized carbons (Fsp3) is 0.346. The summed E-state index contributed by atoms with van der Waals surface area (Å²) in [7, 11) is 0. The Labute approximate surface area is 227 Å². The van der Waals surface area contributed by atoms with Crippen molar-refractivity contribution >= 4 is 52.5 Å². The number of anilines is 1. The minimum Gasteiger partial charge on any atom is -0.428 e. The smallest absolute Gasteiger partial charge is 0.343 e. The second kappa shape index (κ2) is 13.6. The van der Waals surface area contributed by atoms with E-state index in [1.54, 1.807) is 18.2 Å². The van der Waals surface area contributed by atoms with Crippen molar-refractivity contribution in [2.24, 2.45) is 0 Å². The van der Waals surface area contributed by atoms with Gasteiger partial charge >= 0.3 is 29.5 Å². The maximum absolute atomic E-state index is 13.2. The third-order valence-corrected chi connectivity index (χ3v) is 5.51. The second-order valence-electron chi connectivity index (χ2n) is 8.42. The number of ether oxygens (including phenoxy) is 4. The minimum absolute atomic E-state index is 0.121. The molecule has 0 aliphatic carbocycles. The molecule has 0 saturated carbocycles. The third kappa shape index (κ3) is 8.15. The lowest BCUT2D eigenvalue weighted by molar-refractivity contribution is -0.169. The quantitative estimate of drug-likeness (QED) is 0.125. The highest BCUT2D eigenvalue weighted by atomic mass is 16.7. The third-order valence-electron chi connectivity index (χ3n) is 5.51. The molecule has 0 spiro atoms. The lowest BCUT2D eigenvalue weighted by Crippen LogP contribution is -2.41. The van der Waals surface area contributed by atoms with Crippen LogP contribution in [0.4, 0.5) is 5.69 Å². The topological polar surface area (TPSA) is 183 Å². The predicted octanol–water partition coefficient (Wildman–Crippen LogP) is 0.866. The average Bonchev–Trinajstić information content (AvgIpc) is 2.85. The highest BCUT2D eigenvalue weighted by Crippen LogP contribution is 2.25. The number of carbonyl (C=O) groups is 5. The Hall–Kier alpha value is -5.19. The zero-order chi connectivity index (χ0) is 29.2. The van der Waals surface area contributed by atoms with E-state index in [9.17, 15) is 34.0 Å². The van der Waals surface area contributed by atoms with Gasteiger partial charge in [0.15, 0.2) is 0 Å². The fourth-order valence-electron chi connectivity index (χ4n) is 3.41. The first kappa shape index (κ1) is 29.4. The normalized spacial score (nSPS) is 12.5. The average molecular weight is 555 g/mol. The number of rotatable bonds is 11. The molecule has 2 aromatic rings. The molecule has 0 bridgehead atoms.